The van der Waals surface area contributed by atoms with E-state index in [1.165, 1.54) is 30.3 Å². The molecule has 2 N–H and O–H groups in total. The highest BCUT2D eigenvalue weighted by molar-refractivity contribution is 7.90. The van der Waals surface area contributed by atoms with Gasteiger partial charge in [0.2, 0.25) is 0 Å². The molecular formula is C20H15F3N2O3S3. The largest absolute Gasteiger partial charge is 0.433 e. The molecule has 1 aromatic carbocycles. The maximum absolute atomic E-state index is 13.4. The van der Waals surface area contributed by atoms with Crippen molar-refractivity contribution in [3.05, 3.63) is 69.7 Å². The third-order valence-corrected chi connectivity index (χ3v) is 7.13. The van der Waals surface area contributed by atoms with Gasteiger partial charge in [-0.25, -0.2) is 13.4 Å². The highest BCUT2D eigenvalue weighted by atomic mass is 32.2. The summed E-state index contributed by atoms with van der Waals surface area (Å²) in [6, 6.07) is 12.3. The van der Waals surface area contributed by atoms with Crippen LogP contribution in [0.2, 0.25) is 0 Å². The number of halogens is 3. The van der Waals surface area contributed by atoms with Gasteiger partial charge in [-0.1, -0.05) is 18.2 Å². The molecule has 162 valence electrons. The molecule has 0 fully saturated rings. The molecule has 0 atom stereocenters. The Morgan fingerprint density at radius 2 is 1.84 bits per heavy atom. The van der Waals surface area contributed by atoms with Crippen molar-refractivity contribution in [2.75, 3.05) is 6.26 Å². The van der Waals surface area contributed by atoms with Crippen molar-refractivity contribution in [3.63, 3.8) is 0 Å². The van der Waals surface area contributed by atoms with Gasteiger partial charge in [0.05, 0.1) is 20.3 Å². The van der Waals surface area contributed by atoms with E-state index in [4.69, 9.17) is 5.73 Å². The number of aliphatic imine (C=N–C) groups is 1. The van der Waals surface area contributed by atoms with Gasteiger partial charge >= 0.3 is 6.18 Å². The van der Waals surface area contributed by atoms with Gasteiger partial charge in [-0.15, -0.1) is 22.7 Å². The lowest BCUT2D eigenvalue weighted by Crippen LogP contribution is -2.23. The summed E-state index contributed by atoms with van der Waals surface area (Å²) in [5.41, 5.74) is 4.83. The first kappa shape index (κ1) is 22.9. The van der Waals surface area contributed by atoms with E-state index in [-0.39, 0.29) is 15.5 Å². The van der Waals surface area contributed by atoms with Crippen molar-refractivity contribution in [2.45, 2.75) is 11.1 Å². The quantitative estimate of drug-likeness (QED) is 0.515. The van der Waals surface area contributed by atoms with E-state index >= 15 is 0 Å². The topological polar surface area (TPSA) is 89.6 Å². The third kappa shape index (κ3) is 5.69. The van der Waals surface area contributed by atoms with Gasteiger partial charge in [-0.3, -0.25) is 4.79 Å². The highest BCUT2D eigenvalue weighted by Gasteiger charge is 2.35. The second kappa shape index (κ2) is 8.77. The summed E-state index contributed by atoms with van der Waals surface area (Å²) in [5, 5.41) is 1.56. The molecule has 0 aliphatic rings. The summed E-state index contributed by atoms with van der Waals surface area (Å²) in [6.45, 7) is 0. The van der Waals surface area contributed by atoms with Crippen molar-refractivity contribution in [1.82, 2.24) is 0 Å². The second-order valence-electron chi connectivity index (χ2n) is 6.34. The Morgan fingerprint density at radius 1 is 1.10 bits per heavy atom. The Balaban J connectivity index is 1.94. The van der Waals surface area contributed by atoms with E-state index in [0.29, 0.717) is 21.4 Å². The van der Waals surface area contributed by atoms with E-state index in [1.807, 2.05) is 0 Å². The zero-order chi connectivity index (χ0) is 22.8. The van der Waals surface area contributed by atoms with Crippen LogP contribution in [-0.2, 0) is 9.84 Å². The molecular weight excluding hydrogens is 469 g/mol. The molecule has 0 spiro atoms. The number of carbonyl (C=O) groups excluding carboxylic acids is 1. The Labute approximate surface area is 184 Å². The van der Waals surface area contributed by atoms with Crippen LogP contribution in [0.3, 0.4) is 0 Å². The number of hydrogen-bond donors (Lipinski definition) is 1. The SMILES string of the molecule is CS(=O)(=O)c1cccc(-c2ccc(/C(N)=C/C(=NC(=O)c3cccs3)C(F)(F)F)s2)c1. The van der Waals surface area contributed by atoms with Gasteiger partial charge in [-0.05, 0) is 47.4 Å². The summed E-state index contributed by atoms with van der Waals surface area (Å²) >= 11 is 2.08. The van der Waals surface area contributed by atoms with Crippen molar-refractivity contribution in [1.29, 1.82) is 0 Å². The van der Waals surface area contributed by atoms with E-state index in [2.05, 4.69) is 4.99 Å². The van der Waals surface area contributed by atoms with Crippen LogP contribution >= 0.6 is 22.7 Å². The van der Waals surface area contributed by atoms with Gasteiger partial charge in [0.1, 0.15) is 0 Å². The Hall–Kier alpha value is -2.76. The fourth-order valence-corrected chi connectivity index (χ4v) is 4.69. The van der Waals surface area contributed by atoms with Crippen LogP contribution in [0.4, 0.5) is 13.2 Å². The second-order valence-corrected chi connectivity index (χ2v) is 10.4. The van der Waals surface area contributed by atoms with Crippen molar-refractivity contribution >= 4 is 49.8 Å². The van der Waals surface area contributed by atoms with Crippen LogP contribution in [0, 0.1) is 0 Å². The number of rotatable bonds is 5. The van der Waals surface area contributed by atoms with Crippen LogP contribution in [0.25, 0.3) is 16.1 Å². The number of hydrogen-bond acceptors (Lipinski definition) is 6. The van der Waals surface area contributed by atoms with Crippen LogP contribution in [0.15, 0.2) is 69.9 Å². The van der Waals surface area contributed by atoms with E-state index in [1.54, 1.807) is 23.6 Å². The minimum absolute atomic E-state index is 0.0814. The standard InChI is InChI=1S/C20H15F3N2O3S3/c1-31(27,28)13-5-2-4-12(10-13)15-7-8-16(30-15)14(24)11-18(20(21,22)23)25-19(26)17-6-3-9-29-17/h2-11H,24H2,1H3/b14-11-,25-18?. The van der Waals surface area contributed by atoms with E-state index in [9.17, 15) is 26.4 Å². The maximum Gasteiger partial charge on any atom is 0.433 e. The number of sulfone groups is 1. The van der Waals surface area contributed by atoms with Crippen LogP contribution < -0.4 is 5.73 Å². The number of carbonyl (C=O) groups is 1. The van der Waals surface area contributed by atoms with Crippen LogP contribution in [0.5, 0.6) is 0 Å². The molecule has 3 rings (SSSR count). The number of allylic oxidation sites excluding steroid dienone is 1. The number of nitrogens with zero attached hydrogens (tertiary/aromatic N) is 1. The Kier molecular flexibility index (Phi) is 6.48. The van der Waals surface area contributed by atoms with Gasteiger partial charge in [0, 0.05) is 11.1 Å². The lowest BCUT2D eigenvalue weighted by Gasteiger charge is -2.07. The average Bonchev–Trinajstić information content (AvgIpc) is 3.38. The van der Waals surface area contributed by atoms with E-state index < -0.39 is 27.6 Å². The smallest absolute Gasteiger partial charge is 0.398 e. The number of amides is 1. The summed E-state index contributed by atoms with van der Waals surface area (Å²) in [5.74, 6) is -1.00. The molecule has 0 unspecified atom stereocenters. The van der Waals surface area contributed by atoms with Crippen molar-refractivity contribution in [2.24, 2.45) is 10.7 Å². The van der Waals surface area contributed by atoms with E-state index in [0.717, 1.165) is 28.9 Å². The minimum atomic E-state index is -4.87. The van der Waals surface area contributed by atoms with Crippen molar-refractivity contribution < 1.29 is 26.4 Å². The molecule has 1 amide bonds. The fourth-order valence-electron chi connectivity index (χ4n) is 2.49. The minimum Gasteiger partial charge on any atom is -0.398 e. The van der Waals surface area contributed by atoms with Gasteiger partial charge in [0.15, 0.2) is 15.5 Å². The van der Waals surface area contributed by atoms with Gasteiger partial charge < -0.3 is 5.73 Å². The van der Waals surface area contributed by atoms with Crippen LogP contribution in [0.1, 0.15) is 14.5 Å². The average molecular weight is 485 g/mol. The predicted octanol–water partition coefficient (Wildman–Crippen LogP) is 5.02. The molecule has 0 saturated heterocycles. The van der Waals surface area contributed by atoms with Gasteiger partial charge in [0.25, 0.3) is 5.91 Å². The first-order valence-corrected chi connectivity index (χ1v) is 12.2. The molecule has 2 heterocycles. The zero-order valence-electron chi connectivity index (χ0n) is 15.9. The summed E-state index contributed by atoms with van der Waals surface area (Å²) in [6.07, 6.45) is -3.17. The number of nitrogens with two attached hydrogens (primary N) is 1. The highest BCUT2D eigenvalue weighted by Crippen LogP contribution is 2.32. The zero-order valence-corrected chi connectivity index (χ0v) is 18.3. The Morgan fingerprint density at radius 3 is 2.45 bits per heavy atom. The lowest BCUT2D eigenvalue weighted by atomic mass is 10.2. The first-order valence-electron chi connectivity index (χ1n) is 8.57. The maximum atomic E-state index is 13.4. The third-order valence-electron chi connectivity index (χ3n) is 3.97. The molecule has 2 aromatic heterocycles. The summed E-state index contributed by atoms with van der Waals surface area (Å²) in [4.78, 5) is 16.3. The van der Waals surface area contributed by atoms with Gasteiger partial charge in [-0.2, -0.15) is 13.2 Å². The summed E-state index contributed by atoms with van der Waals surface area (Å²) < 4.78 is 63.7. The molecule has 0 aliphatic carbocycles. The fraction of sp³-hybridized carbons (Fsp3) is 0.100. The molecule has 3 aromatic rings. The molecule has 0 saturated carbocycles. The van der Waals surface area contributed by atoms with Crippen molar-refractivity contribution in [3.8, 4) is 10.4 Å². The predicted molar refractivity (Wildman–Crippen MR) is 117 cm³/mol. The normalized spacial score (nSPS) is 13.4. The molecule has 0 aliphatic heterocycles. The molecule has 0 radical (unpaired) electrons. The molecule has 5 nitrogen and oxygen atoms in total. The van der Waals surface area contributed by atoms with Crippen LogP contribution in [-0.4, -0.2) is 32.5 Å². The monoisotopic (exact) mass is 484 g/mol. The summed E-state index contributed by atoms with van der Waals surface area (Å²) in [7, 11) is -3.41. The number of alkyl halides is 3. The first-order chi connectivity index (χ1) is 14.4. The molecule has 11 heteroatoms. The number of benzene rings is 1. The lowest BCUT2D eigenvalue weighted by molar-refractivity contribution is -0.0577. The Bertz CT molecular complexity index is 1270. The molecule has 31 heavy (non-hydrogen) atoms. The number of thiophene rings is 2. The molecule has 0 bridgehead atoms.